The SMILES string of the molecule is C=CC(=O)OC(C=C)OCCC#N. The van der Waals surface area contributed by atoms with E-state index in [0.29, 0.717) is 0 Å². The summed E-state index contributed by atoms with van der Waals surface area (Å²) in [4.78, 5) is 10.7. The van der Waals surface area contributed by atoms with Crippen LogP contribution in [-0.4, -0.2) is 18.9 Å². The van der Waals surface area contributed by atoms with Gasteiger partial charge in [0.05, 0.1) is 19.1 Å². The van der Waals surface area contributed by atoms with E-state index in [-0.39, 0.29) is 13.0 Å². The summed E-state index contributed by atoms with van der Waals surface area (Å²) in [5.74, 6) is -0.582. The van der Waals surface area contributed by atoms with Crippen LogP contribution in [0.3, 0.4) is 0 Å². The quantitative estimate of drug-likeness (QED) is 0.203. The molecule has 0 rings (SSSR count). The molecule has 0 spiro atoms. The Hall–Kier alpha value is -1.60. The summed E-state index contributed by atoms with van der Waals surface area (Å²) >= 11 is 0. The van der Waals surface area contributed by atoms with Crippen molar-refractivity contribution in [2.24, 2.45) is 0 Å². The molecule has 4 heteroatoms. The van der Waals surface area contributed by atoms with Gasteiger partial charge in [-0.2, -0.15) is 5.26 Å². The summed E-state index contributed by atoms with van der Waals surface area (Å²) in [6.07, 6.45) is 1.80. The number of carbonyl (C=O) groups excluding carboxylic acids is 1. The van der Waals surface area contributed by atoms with E-state index in [0.717, 1.165) is 6.08 Å². The molecule has 0 saturated carbocycles. The van der Waals surface area contributed by atoms with Crippen LogP contribution in [0.4, 0.5) is 0 Å². The first kappa shape index (κ1) is 11.4. The van der Waals surface area contributed by atoms with Crippen LogP contribution in [0.25, 0.3) is 0 Å². The van der Waals surface area contributed by atoms with Crippen LogP contribution in [0, 0.1) is 11.3 Å². The Labute approximate surface area is 77.1 Å². The lowest BCUT2D eigenvalue weighted by Crippen LogP contribution is -2.18. The summed E-state index contributed by atoms with van der Waals surface area (Å²) in [6, 6.07) is 1.89. The highest BCUT2D eigenvalue weighted by molar-refractivity contribution is 5.81. The predicted octanol–water partition coefficient (Wildman–Crippen LogP) is 1.16. The minimum absolute atomic E-state index is 0.206. The first-order valence-electron chi connectivity index (χ1n) is 3.68. The first-order chi connectivity index (χ1) is 6.24. The Morgan fingerprint density at radius 2 is 2.31 bits per heavy atom. The van der Waals surface area contributed by atoms with Gasteiger partial charge in [-0.1, -0.05) is 13.2 Å². The minimum Gasteiger partial charge on any atom is -0.429 e. The van der Waals surface area contributed by atoms with E-state index in [1.54, 1.807) is 0 Å². The molecule has 0 N–H and O–H groups in total. The summed E-state index contributed by atoms with van der Waals surface area (Å²) < 4.78 is 9.66. The van der Waals surface area contributed by atoms with Gasteiger partial charge in [0.15, 0.2) is 0 Å². The highest BCUT2D eigenvalue weighted by Crippen LogP contribution is 1.98. The predicted molar refractivity (Wildman–Crippen MR) is 46.5 cm³/mol. The highest BCUT2D eigenvalue weighted by atomic mass is 16.7. The van der Waals surface area contributed by atoms with Crippen molar-refractivity contribution < 1.29 is 14.3 Å². The van der Waals surface area contributed by atoms with Crippen molar-refractivity contribution in [2.45, 2.75) is 12.7 Å². The lowest BCUT2D eigenvalue weighted by atomic mass is 10.5. The van der Waals surface area contributed by atoms with Gasteiger partial charge in [-0.15, -0.1) is 0 Å². The van der Waals surface area contributed by atoms with Crippen molar-refractivity contribution >= 4 is 5.97 Å². The maximum atomic E-state index is 10.7. The standard InChI is InChI=1S/C9H11NO3/c1-3-8(11)13-9(4-2)12-7-5-6-10/h3-4,9H,1-2,5,7H2. The molecule has 0 fully saturated rings. The maximum Gasteiger partial charge on any atom is 0.332 e. The maximum absolute atomic E-state index is 10.7. The van der Waals surface area contributed by atoms with Crippen LogP contribution in [-0.2, 0) is 14.3 Å². The molecule has 0 radical (unpaired) electrons. The van der Waals surface area contributed by atoms with Crippen molar-refractivity contribution in [1.82, 2.24) is 0 Å². The first-order valence-corrected chi connectivity index (χ1v) is 3.68. The Morgan fingerprint density at radius 3 is 2.77 bits per heavy atom. The van der Waals surface area contributed by atoms with Crippen molar-refractivity contribution in [1.29, 1.82) is 5.26 Å². The lowest BCUT2D eigenvalue weighted by molar-refractivity contribution is -0.162. The fourth-order valence-electron chi connectivity index (χ4n) is 0.533. The lowest BCUT2D eigenvalue weighted by Gasteiger charge is -2.12. The van der Waals surface area contributed by atoms with Gasteiger partial charge in [0, 0.05) is 6.08 Å². The van der Waals surface area contributed by atoms with Gasteiger partial charge in [0.2, 0.25) is 6.29 Å². The van der Waals surface area contributed by atoms with E-state index in [4.69, 9.17) is 10.00 Å². The smallest absolute Gasteiger partial charge is 0.332 e. The molecular weight excluding hydrogens is 170 g/mol. The van der Waals surface area contributed by atoms with E-state index in [1.807, 2.05) is 6.07 Å². The van der Waals surface area contributed by atoms with Crippen molar-refractivity contribution in [3.63, 3.8) is 0 Å². The monoisotopic (exact) mass is 181 g/mol. The van der Waals surface area contributed by atoms with Crippen molar-refractivity contribution in [2.75, 3.05) is 6.61 Å². The molecule has 70 valence electrons. The van der Waals surface area contributed by atoms with Crippen molar-refractivity contribution in [3.8, 4) is 6.07 Å². The van der Waals surface area contributed by atoms with Gasteiger partial charge in [-0.05, 0) is 6.08 Å². The largest absolute Gasteiger partial charge is 0.429 e. The van der Waals surface area contributed by atoms with E-state index in [2.05, 4.69) is 17.9 Å². The number of nitriles is 1. The van der Waals surface area contributed by atoms with Gasteiger partial charge < -0.3 is 9.47 Å². The molecule has 0 aromatic carbocycles. The summed E-state index contributed by atoms with van der Waals surface area (Å²) in [5.41, 5.74) is 0. The number of carbonyl (C=O) groups is 1. The highest BCUT2D eigenvalue weighted by Gasteiger charge is 2.07. The van der Waals surface area contributed by atoms with Crippen LogP contribution >= 0.6 is 0 Å². The molecule has 13 heavy (non-hydrogen) atoms. The van der Waals surface area contributed by atoms with E-state index >= 15 is 0 Å². The van der Waals surface area contributed by atoms with Gasteiger partial charge in [0.1, 0.15) is 0 Å². The molecular formula is C9H11NO3. The normalized spacial score (nSPS) is 11.0. The molecule has 0 aromatic rings. The van der Waals surface area contributed by atoms with Crippen LogP contribution in [0.5, 0.6) is 0 Å². The molecule has 0 bridgehead atoms. The molecule has 0 aliphatic heterocycles. The van der Waals surface area contributed by atoms with Gasteiger partial charge in [-0.25, -0.2) is 4.79 Å². The zero-order valence-electron chi connectivity index (χ0n) is 7.23. The summed E-state index contributed by atoms with van der Waals surface area (Å²) in [6.45, 7) is 6.84. The van der Waals surface area contributed by atoms with Crippen LogP contribution in [0.1, 0.15) is 6.42 Å². The zero-order valence-corrected chi connectivity index (χ0v) is 7.23. The Bertz CT molecular complexity index is 230. The van der Waals surface area contributed by atoms with E-state index in [9.17, 15) is 4.79 Å². The third kappa shape index (κ3) is 5.65. The molecule has 0 aliphatic carbocycles. The summed E-state index contributed by atoms with van der Waals surface area (Å²) in [5, 5.41) is 8.20. The zero-order chi connectivity index (χ0) is 10.1. The number of ether oxygens (including phenoxy) is 2. The average Bonchev–Trinajstić information content (AvgIpc) is 2.16. The van der Waals surface area contributed by atoms with Gasteiger partial charge in [0.25, 0.3) is 0 Å². The van der Waals surface area contributed by atoms with E-state index < -0.39 is 12.3 Å². The molecule has 0 aromatic heterocycles. The molecule has 0 saturated heterocycles. The fourth-order valence-corrected chi connectivity index (χ4v) is 0.533. The molecule has 4 nitrogen and oxygen atoms in total. The minimum atomic E-state index is -0.807. The third-order valence-corrected chi connectivity index (χ3v) is 1.09. The average molecular weight is 181 g/mol. The molecule has 1 unspecified atom stereocenters. The second-order valence-electron chi connectivity index (χ2n) is 2.02. The second-order valence-corrected chi connectivity index (χ2v) is 2.02. The van der Waals surface area contributed by atoms with Gasteiger partial charge >= 0.3 is 5.97 Å². The number of hydrogen-bond donors (Lipinski definition) is 0. The number of nitrogens with zero attached hydrogens (tertiary/aromatic N) is 1. The summed E-state index contributed by atoms with van der Waals surface area (Å²) in [7, 11) is 0. The Balaban J connectivity index is 3.76. The number of esters is 1. The number of rotatable bonds is 6. The van der Waals surface area contributed by atoms with Crippen LogP contribution in [0.15, 0.2) is 25.3 Å². The molecule has 0 heterocycles. The van der Waals surface area contributed by atoms with Gasteiger partial charge in [-0.3, -0.25) is 0 Å². The van der Waals surface area contributed by atoms with E-state index in [1.165, 1.54) is 6.08 Å². The molecule has 1 atom stereocenters. The Kier molecular flexibility index (Phi) is 6.20. The second kappa shape index (κ2) is 7.07. The Morgan fingerprint density at radius 1 is 1.62 bits per heavy atom. The van der Waals surface area contributed by atoms with Crippen molar-refractivity contribution in [3.05, 3.63) is 25.3 Å². The number of hydrogen-bond acceptors (Lipinski definition) is 4. The third-order valence-electron chi connectivity index (χ3n) is 1.09. The fraction of sp³-hybridized carbons (Fsp3) is 0.333. The van der Waals surface area contributed by atoms with Crippen LogP contribution < -0.4 is 0 Å². The topological polar surface area (TPSA) is 59.3 Å². The van der Waals surface area contributed by atoms with Crippen LogP contribution in [0.2, 0.25) is 0 Å². The molecule has 0 aliphatic rings. The molecule has 0 amide bonds.